The quantitative estimate of drug-likeness (QED) is 0.766. The average molecular weight is 278 g/mol. The first-order chi connectivity index (χ1) is 9.36. The molecule has 0 spiro atoms. The van der Waals surface area contributed by atoms with Crippen LogP contribution in [0.5, 0.6) is 0 Å². The van der Waals surface area contributed by atoms with E-state index in [0.717, 1.165) is 38.2 Å². The molecule has 2 bridgehead atoms. The number of hydrogen-bond acceptors (Lipinski definition) is 2. The van der Waals surface area contributed by atoms with Crippen molar-refractivity contribution in [2.24, 2.45) is 22.7 Å². The molecule has 114 valence electrons. The normalized spacial score (nSPS) is 42.1. The summed E-state index contributed by atoms with van der Waals surface area (Å²) < 4.78 is 6.36. The summed E-state index contributed by atoms with van der Waals surface area (Å²) in [4.78, 5) is 11.7. The molecule has 3 aliphatic rings. The largest absolute Gasteiger partial charge is 0.375 e. The first kappa shape index (κ1) is 14.6. The van der Waals surface area contributed by atoms with Crippen LogP contribution in [0.25, 0.3) is 0 Å². The Morgan fingerprint density at radius 1 is 1.15 bits per heavy atom. The van der Waals surface area contributed by atoms with E-state index in [1.165, 1.54) is 19.3 Å². The SMILES string of the molecule is CCOC1([C@H]2C[C@@H]3CC[C@@]2(C)C3(C)C)CCC(=O)CC1. The number of fused-ring (bicyclic) bond motifs is 2. The number of ether oxygens (including phenoxy) is 1. The van der Waals surface area contributed by atoms with Gasteiger partial charge in [-0.1, -0.05) is 20.8 Å². The Morgan fingerprint density at radius 3 is 2.25 bits per heavy atom. The summed E-state index contributed by atoms with van der Waals surface area (Å²) in [5, 5.41) is 0. The van der Waals surface area contributed by atoms with Crippen molar-refractivity contribution in [3.63, 3.8) is 0 Å². The lowest BCUT2D eigenvalue weighted by Crippen LogP contribution is -2.51. The van der Waals surface area contributed by atoms with E-state index < -0.39 is 0 Å². The lowest BCUT2D eigenvalue weighted by Gasteiger charge is -2.50. The zero-order chi connectivity index (χ0) is 14.6. The van der Waals surface area contributed by atoms with Crippen molar-refractivity contribution in [1.82, 2.24) is 0 Å². The van der Waals surface area contributed by atoms with Crippen LogP contribution in [0.1, 0.15) is 72.6 Å². The Kier molecular flexibility index (Phi) is 3.32. The predicted molar refractivity (Wildman–Crippen MR) is 80.6 cm³/mol. The Hall–Kier alpha value is -0.370. The lowest BCUT2D eigenvalue weighted by atomic mass is 9.59. The smallest absolute Gasteiger partial charge is 0.133 e. The maximum absolute atomic E-state index is 11.7. The Bertz CT molecular complexity index is 402. The van der Waals surface area contributed by atoms with Gasteiger partial charge in [0.1, 0.15) is 5.78 Å². The third-order valence-electron chi connectivity index (χ3n) is 7.51. The molecule has 3 saturated carbocycles. The first-order valence-corrected chi connectivity index (χ1v) is 8.51. The maximum atomic E-state index is 11.7. The molecule has 0 unspecified atom stereocenters. The van der Waals surface area contributed by atoms with E-state index in [1.54, 1.807) is 0 Å². The minimum Gasteiger partial charge on any atom is -0.375 e. The molecule has 0 amide bonds. The Morgan fingerprint density at radius 2 is 1.80 bits per heavy atom. The standard InChI is InChI=1S/C18H30O2/c1-5-20-18(10-7-14(19)8-11-18)15-12-13-6-9-17(15,4)16(13,2)3/h13,15H,5-12H2,1-4H3/t13-,15-,17+/m0/s1. The van der Waals surface area contributed by atoms with E-state index in [1.807, 2.05) is 0 Å². The molecule has 0 radical (unpaired) electrons. The highest BCUT2D eigenvalue weighted by atomic mass is 16.5. The van der Waals surface area contributed by atoms with E-state index in [-0.39, 0.29) is 5.60 Å². The van der Waals surface area contributed by atoms with Crippen molar-refractivity contribution >= 4 is 5.78 Å². The zero-order valence-corrected chi connectivity index (χ0v) is 13.6. The molecule has 2 nitrogen and oxygen atoms in total. The van der Waals surface area contributed by atoms with Crippen molar-refractivity contribution < 1.29 is 9.53 Å². The highest BCUT2D eigenvalue weighted by molar-refractivity contribution is 5.79. The zero-order valence-electron chi connectivity index (χ0n) is 13.6. The first-order valence-electron chi connectivity index (χ1n) is 8.51. The molecular weight excluding hydrogens is 248 g/mol. The summed E-state index contributed by atoms with van der Waals surface area (Å²) in [6, 6.07) is 0. The molecule has 2 heteroatoms. The fourth-order valence-electron chi connectivity index (χ4n) is 5.83. The van der Waals surface area contributed by atoms with E-state index >= 15 is 0 Å². The lowest BCUT2D eigenvalue weighted by molar-refractivity contribution is -0.153. The molecule has 0 aliphatic heterocycles. The topological polar surface area (TPSA) is 26.3 Å². The molecule has 0 aromatic carbocycles. The van der Waals surface area contributed by atoms with Crippen LogP contribution in [0.15, 0.2) is 0 Å². The third-order valence-corrected chi connectivity index (χ3v) is 7.51. The summed E-state index contributed by atoms with van der Waals surface area (Å²) in [6.07, 6.45) is 7.44. The molecular formula is C18H30O2. The van der Waals surface area contributed by atoms with Gasteiger partial charge in [-0.2, -0.15) is 0 Å². The van der Waals surface area contributed by atoms with Crippen LogP contribution in [0, 0.1) is 22.7 Å². The van der Waals surface area contributed by atoms with Crippen LogP contribution in [0.2, 0.25) is 0 Å². The number of carbonyl (C=O) groups is 1. The number of ketones is 1. The minimum absolute atomic E-state index is 0.0101. The number of hydrogen-bond donors (Lipinski definition) is 0. The van der Waals surface area contributed by atoms with Gasteiger partial charge >= 0.3 is 0 Å². The second-order valence-electron chi connectivity index (χ2n) is 8.20. The molecule has 3 aliphatic carbocycles. The third kappa shape index (κ3) is 1.76. The van der Waals surface area contributed by atoms with Crippen molar-refractivity contribution in [3.05, 3.63) is 0 Å². The molecule has 20 heavy (non-hydrogen) atoms. The van der Waals surface area contributed by atoms with Crippen LogP contribution in [-0.4, -0.2) is 18.0 Å². The van der Waals surface area contributed by atoms with Gasteiger partial charge in [0, 0.05) is 19.4 Å². The molecule has 3 fully saturated rings. The minimum atomic E-state index is -0.0101. The highest BCUT2D eigenvalue weighted by Gasteiger charge is 2.66. The van der Waals surface area contributed by atoms with Gasteiger partial charge in [0.25, 0.3) is 0 Å². The van der Waals surface area contributed by atoms with Crippen LogP contribution in [0.4, 0.5) is 0 Å². The second-order valence-corrected chi connectivity index (χ2v) is 8.20. The van der Waals surface area contributed by atoms with E-state index in [4.69, 9.17) is 4.74 Å². The van der Waals surface area contributed by atoms with Crippen LogP contribution in [0.3, 0.4) is 0 Å². The fourth-order valence-corrected chi connectivity index (χ4v) is 5.83. The molecule has 3 atom stereocenters. The number of carbonyl (C=O) groups excluding carboxylic acids is 1. The summed E-state index contributed by atoms with van der Waals surface area (Å²) in [5.41, 5.74) is 0.820. The van der Waals surface area contributed by atoms with Gasteiger partial charge in [-0.25, -0.2) is 0 Å². The molecule has 0 heterocycles. The molecule has 0 aromatic rings. The van der Waals surface area contributed by atoms with E-state index in [9.17, 15) is 4.79 Å². The number of rotatable bonds is 3. The van der Waals surface area contributed by atoms with Gasteiger partial charge in [0.2, 0.25) is 0 Å². The van der Waals surface area contributed by atoms with Crippen molar-refractivity contribution in [1.29, 1.82) is 0 Å². The van der Waals surface area contributed by atoms with Crippen LogP contribution >= 0.6 is 0 Å². The van der Waals surface area contributed by atoms with Crippen LogP contribution < -0.4 is 0 Å². The molecule has 0 N–H and O–H groups in total. The summed E-state index contributed by atoms with van der Waals surface area (Å²) in [6.45, 7) is 10.3. The second kappa shape index (κ2) is 4.56. The van der Waals surface area contributed by atoms with Gasteiger partial charge in [0.05, 0.1) is 5.60 Å². The number of Topliss-reactive ketones (excluding diaryl/α,β-unsaturated/α-hetero) is 1. The van der Waals surface area contributed by atoms with Gasteiger partial charge in [0.15, 0.2) is 0 Å². The summed E-state index contributed by atoms with van der Waals surface area (Å²) in [7, 11) is 0. The van der Waals surface area contributed by atoms with Crippen LogP contribution in [-0.2, 0) is 9.53 Å². The van der Waals surface area contributed by atoms with E-state index in [2.05, 4.69) is 27.7 Å². The highest BCUT2D eigenvalue weighted by Crippen LogP contribution is 2.71. The van der Waals surface area contributed by atoms with E-state index in [0.29, 0.717) is 22.5 Å². The van der Waals surface area contributed by atoms with Crippen molar-refractivity contribution in [2.75, 3.05) is 6.61 Å². The molecule has 0 saturated heterocycles. The van der Waals surface area contributed by atoms with Gasteiger partial charge in [-0.15, -0.1) is 0 Å². The molecule has 0 aromatic heterocycles. The van der Waals surface area contributed by atoms with Crippen molar-refractivity contribution in [3.8, 4) is 0 Å². The monoisotopic (exact) mass is 278 g/mol. The Balaban J connectivity index is 1.92. The Labute approximate surface area is 123 Å². The fraction of sp³-hybridized carbons (Fsp3) is 0.944. The van der Waals surface area contributed by atoms with Gasteiger partial charge in [-0.05, 0) is 61.7 Å². The maximum Gasteiger partial charge on any atom is 0.133 e. The molecule has 3 rings (SSSR count). The summed E-state index contributed by atoms with van der Waals surface area (Å²) in [5.74, 6) is 1.94. The van der Waals surface area contributed by atoms with Gasteiger partial charge < -0.3 is 4.74 Å². The average Bonchev–Trinajstić information content (AvgIpc) is 2.75. The van der Waals surface area contributed by atoms with Gasteiger partial charge in [-0.3, -0.25) is 4.79 Å². The summed E-state index contributed by atoms with van der Waals surface area (Å²) >= 11 is 0. The predicted octanol–water partition coefficient (Wildman–Crippen LogP) is 4.37. The van der Waals surface area contributed by atoms with Crippen molar-refractivity contribution in [2.45, 2.75) is 78.2 Å².